The van der Waals surface area contributed by atoms with Crippen molar-refractivity contribution in [3.63, 3.8) is 0 Å². The van der Waals surface area contributed by atoms with E-state index in [1.807, 2.05) is 42.8 Å². The molecule has 7 heteroatoms. The molecule has 0 aliphatic heterocycles. The van der Waals surface area contributed by atoms with Crippen LogP contribution < -0.4 is 14.8 Å². The van der Waals surface area contributed by atoms with E-state index >= 15 is 0 Å². The highest BCUT2D eigenvalue weighted by molar-refractivity contribution is 7.15. The van der Waals surface area contributed by atoms with Gasteiger partial charge < -0.3 is 14.8 Å². The topological polar surface area (TPSA) is 69.2 Å². The van der Waals surface area contributed by atoms with Crippen molar-refractivity contribution < 1.29 is 9.47 Å². The molecular weight excluding hydrogens is 396 g/mol. The molecule has 0 fully saturated rings. The van der Waals surface area contributed by atoms with Crippen LogP contribution in [0, 0.1) is 13.8 Å². The van der Waals surface area contributed by atoms with E-state index in [-0.39, 0.29) is 0 Å². The summed E-state index contributed by atoms with van der Waals surface area (Å²) in [6.07, 6.45) is 4.66. The molecule has 0 spiro atoms. The molecule has 4 rings (SSSR count). The maximum absolute atomic E-state index is 5.45. The molecule has 1 N–H and O–H groups in total. The Hall–Kier alpha value is -3.19. The van der Waals surface area contributed by atoms with Crippen molar-refractivity contribution in [1.82, 2.24) is 15.0 Å². The molecule has 6 nitrogen and oxygen atoms in total. The van der Waals surface area contributed by atoms with Gasteiger partial charge in [0, 0.05) is 40.1 Å². The smallest absolute Gasteiger partial charge is 0.162 e. The second-order valence-corrected chi connectivity index (χ2v) is 8.15. The largest absolute Gasteiger partial charge is 0.493 e. The van der Waals surface area contributed by atoms with Crippen molar-refractivity contribution in [2.24, 2.45) is 0 Å². The van der Waals surface area contributed by atoms with Gasteiger partial charge in [-0.1, -0.05) is 0 Å². The molecule has 0 amide bonds. The fraction of sp³-hybridized carbons (Fsp3) is 0.261. The SMILES string of the molecule is COc1cc2nc(C)nc(NCCc3ccc(-c4ccncc4C)s3)c2cc1OC. The number of aryl methyl sites for hydroxylation is 2. The Morgan fingerprint density at radius 1 is 1.00 bits per heavy atom. The van der Waals surface area contributed by atoms with Crippen LogP contribution in [0.1, 0.15) is 16.3 Å². The van der Waals surface area contributed by atoms with E-state index in [1.54, 1.807) is 14.2 Å². The molecular formula is C23H24N4O2S. The van der Waals surface area contributed by atoms with Crippen molar-refractivity contribution in [2.75, 3.05) is 26.1 Å². The molecule has 154 valence electrons. The van der Waals surface area contributed by atoms with Crippen LogP contribution in [0.3, 0.4) is 0 Å². The Kier molecular flexibility index (Phi) is 5.81. The molecule has 0 radical (unpaired) electrons. The lowest BCUT2D eigenvalue weighted by Crippen LogP contribution is -2.08. The van der Waals surface area contributed by atoms with Gasteiger partial charge in [0.1, 0.15) is 11.6 Å². The minimum absolute atomic E-state index is 0.659. The van der Waals surface area contributed by atoms with Crippen LogP contribution in [0.2, 0.25) is 0 Å². The van der Waals surface area contributed by atoms with Gasteiger partial charge in [-0.2, -0.15) is 0 Å². The predicted octanol–water partition coefficient (Wildman–Crippen LogP) is 5.04. The van der Waals surface area contributed by atoms with Crippen LogP contribution in [-0.2, 0) is 6.42 Å². The number of nitrogens with zero attached hydrogens (tertiary/aromatic N) is 3. The van der Waals surface area contributed by atoms with Crippen LogP contribution in [0.25, 0.3) is 21.3 Å². The molecule has 0 unspecified atom stereocenters. The van der Waals surface area contributed by atoms with E-state index in [4.69, 9.17) is 9.47 Å². The third-order valence-corrected chi connectivity index (χ3v) is 6.10. The highest BCUT2D eigenvalue weighted by atomic mass is 32.1. The number of methoxy groups -OCH3 is 2. The number of ether oxygens (including phenoxy) is 2. The first-order valence-electron chi connectivity index (χ1n) is 9.73. The highest BCUT2D eigenvalue weighted by Crippen LogP contribution is 2.34. The third kappa shape index (κ3) is 4.07. The summed E-state index contributed by atoms with van der Waals surface area (Å²) in [6, 6.07) is 10.3. The highest BCUT2D eigenvalue weighted by Gasteiger charge is 2.12. The van der Waals surface area contributed by atoms with Crippen LogP contribution in [0.4, 0.5) is 5.82 Å². The number of fused-ring (bicyclic) bond motifs is 1. The molecule has 0 saturated carbocycles. The summed E-state index contributed by atoms with van der Waals surface area (Å²) in [5, 5.41) is 4.39. The van der Waals surface area contributed by atoms with Gasteiger partial charge >= 0.3 is 0 Å². The molecule has 0 atom stereocenters. The number of hydrogen-bond acceptors (Lipinski definition) is 7. The standard InChI is InChI=1S/C23H24N4O2S/c1-14-13-24-9-8-17(14)22-6-5-16(30-22)7-10-25-23-18-11-20(28-3)21(29-4)12-19(18)26-15(2)27-23/h5-6,8-9,11-13H,7,10H2,1-4H3,(H,25,26,27). The van der Waals surface area contributed by atoms with E-state index in [2.05, 4.69) is 45.4 Å². The van der Waals surface area contributed by atoms with Gasteiger partial charge in [-0.25, -0.2) is 9.97 Å². The normalized spacial score (nSPS) is 10.9. The van der Waals surface area contributed by atoms with Crippen molar-refractivity contribution in [1.29, 1.82) is 0 Å². The van der Waals surface area contributed by atoms with Gasteiger partial charge in [-0.15, -0.1) is 11.3 Å². The summed E-state index contributed by atoms with van der Waals surface area (Å²) >= 11 is 1.82. The van der Waals surface area contributed by atoms with Crippen molar-refractivity contribution in [3.05, 3.63) is 59.0 Å². The number of aromatic nitrogens is 3. The quantitative estimate of drug-likeness (QED) is 0.452. The first-order valence-corrected chi connectivity index (χ1v) is 10.5. The fourth-order valence-electron chi connectivity index (χ4n) is 3.42. The Bertz CT molecular complexity index is 1190. The van der Waals surface area contributed by atoms with Gasteiger partial charge in [0.25, 0.3) is 0 Å². The summed E-state index contributed by atoms with van der Waals surface area (Å²) in [5.74, 6) is 2.84. The number of pyridine rings is 1. The molecule has 3 heterocycles. The van der Waals surface area contributed by atoms with Gasteiger partial charge in [0.2, 0.25) is 0 Å². The van der Waals surface area contributed by atoms with Crippen molar-refractivity contribution in [2.45, 2.75) is 20.3 Å². The second-order valence-electron chi connectivity index (χ2n) is 6.98. The van der Waals surface area contributed by atoms with Gasteiger partial charge in [0.05, 0.1) is 19.7 Å². The third-order valence-electron chi connectivity index (χ3n) is 4.92. The monoisotopic (exact) mass is 420 g/mol. The zero-order valence-corrected chi connectivity index (χ0v) is 18.3. The molecule has 3 aromatic heterocycles. The minimum atomic E-state index is 0.659. The number of hydrogen-bond donors (Lipinski definition) is 1. The first kappa shape index (κ1) is 20.1. The number of anilines is 1. The maximum atomic E-state index is 5.45. The molecule has 30 heavy (non-hydrogen) atoms. The molecule has 0 bridgehead atoms. The number of nitrogens with one attached hydrogen (secondary N) is 1. The lowest BCUT2D eigenvalue weighted by Gasteiger charge is -2.13. The average Bonchev–Trinajstić information content (AvgIpc) is 3.21. The van der Waals surface area contributed by atoms with E-state index < -0.39 is 0 Å². The summed E-state index contributed by atoms with van der Waals surface area (Å²) in [4.78, 5) is 15.9. The lowest BCUT2D eigenvalue weighted by molar-refractivity contribution is 0.356. The summed E-state index contributed by atoms with van der Waals surface area (Å²) in [6.45, 7) is 4.76. The van der Waals surface area contributed by atoms with Crippen LogP contribution >= 0.6 is 11.3 Å². The molecule has 1 aromatic carbocycles. The van der Waals surface area contributed by atoms with Crippen molar-refractivity contribution in [3.8, 4) is 21.9 Å². The minimum Gasteiger partial charge on any atom is -0.493 e. The molecule has 0 saturated heterocycles. The zero-order chi connectivity index (χ0) is 21.1. The number of rotatable bonds is 7. The van der Waals surface area contributed by atoms with E-state index in [0.29, 0.717) is 17.3 Å². The lowest BCUT2D eigenvalue weighted by atomic mass is 10.1. The molecule has 0 aliphatic rings. The van der Waals surface area contributed by atoms with Gasteiger partial charge in [0.15, 0.2) is 11.5 Å². The molecule has 4 aromatic rings. The van der Waals surface area contributed by atoms with Crippen LogP contribution in [-0.4, -0.2) is 35.7 Å². The van der Waals surface area contributed by atoms with E-state index in [0.717, 1.165) is 29.7 Å². The number of benzene rings is 1. The first-order chi connectivity index (χ1) is 14.6. The maximum Gasteiger partial charge on any atom is 0.162 e. The van der Waals surface area contributed by atoms with Gasteiger partial charge in [-0.05, 0) is 55.7 Å². The number of thiophene rings is 1. The van der Waals surface area contributed by atoms with Gasteiger partial charge in [-0.3, -0.25) is 4.98 Å². The molecule has 0 aliphatic carbocycles. The van der Waals surface area contributed by atoms with Crippen molar-refractivity contribution >= 4 is 28.1 Å². The zero-order valence-electron chi connectivity index (χ0n) is 17.5. The average molecular weight is 421 g/mol. The fourth-order valence-corrected chi connectivity index (χ4v) is 4.52. The Balaban J connectivity index is 1.52. The van der Waals surface area contributed by atoms with Crippen LogP contribution in [0.15, 0.2) is 42.7 Å². The van der Waals surface area contributed by atoms with E-state index in [9.17, 15) is 0 Å². The Morgan fingerprint density at radius 2 is 1.80 bits per heavy atom. The second kappa shape index (κ2) is 8.67. The van der Waals surface area contributed by atoms with Crippen LogP contribution in [0.5, 0.6) is 11.5 Å². The summed E-state index contributed by atoms with van der Waals surface area (Å²) in [5.41, 5.74) is 3.26. The van der Waals surface area contributed by atoms with E-state index in [1.165, 1.54) is 20.9 Å². The Morgan fingerprint density at radius 3 is 2.57 bits per heavy atom. The Labute approximate surface area is 179 Å². The predicted molar refractivity (Wildman–Crippen MR) is 122 cm³/mol. The summed E-state index contributed by atoms with van der Waals surface area (Å²) in [7, 11) is 3.25. The summed E-state index contributed by atoms with van der Waals surface area (Å²) < 4.78 is 10.8.